The molecule has 0 radical (unpaired) electrons. The normalized spacial score (nSPS) is 30.8. The van der Waals surface area contributed by atoms with Gasteiger partial charge in [-0.1, -0.05) is 11.8 Å². The third-order valence-electron chi connectivity index (χ3n) is 3.02. The molecule has 2 aliphatic heterocycles. The van der Waals surface area contributed by atoms with Crippen LogP contribution >= 0.6 is 11.8 Å². The van der Waals surface area contributed by atoms with Gasteiger partial charge in [-0.15, -0.1) is 0 Å². The summed E-state index contributed by atoms with van der Waals surface area (Å²) < 4.78 is 0. The Balaban J connectivity index is 1.90. The summed E-state index contributed by atoms with van der Waals surface area (Å²) in [5.74, 6) is 0. The van der Waals surface area contributed by atoms with Crippen molar-refractivity contribution in [2.24, 2.45) is 0 Å². The molecule has 2 heterocycles. The molecule has 3 rings (SSSR count). The first kappa shape index (κ1) is 8.68. The molecule has 0 aromatic rings. The van der Waals surface area contributed by atoms with Gasteiger partial charge in [-0.2, -0.15) is 0 Å². The van der Waals surface area contributed by atoms with Crippen LogP contribution in [-0.2, 0) is 0 Å². The first-order valence-electron chi connectivity index (χ1n) is 5.14. The molecule has 0 aromatic carbocycles. The fraction of sp³-hybridized carbons (Fsp3) is 0.600. The molecule has 0 fully saturated rings. The summed E-state index contributed by atoms with van der Waals surface area (Å²) in [7, 11) is 0. The molecule has 0 amide bonds. The highest BCUT2D eigenvalue weighted by molar-refractivity contribution is 8.03. The first-order chi connectivity index (χ1) is 6.86. The van der Waals surface area contributed by atoms with Gasteiger partial charge in [0.25, 0.3) is 0 Å². The summed E-state index contributed by atoms with van der Waals surface area (Å²) in [5, 5.41) is 12.6. The Bertz CT molecular complexity index is 313. The van der Waals surface area contributed by atoms with Crippen LogP contribution in [-0.4, -0.2) is 22.0 Å². The summed E-state index contributed by atoms with van der Waals surface area (Å²) in [6.45, 7) is 0.912. The van der Waals surface area contributed by atoms with Crippen molar-refractivity contribution in [3.05, 3.63) is 28.1 Å². The van der Waals surface area contributed by atoms with Gasteiger partial charge in [0.15, 0.2) is 0 Å². The molecule has 1 atom stereocenters. The molecule has 3 aliphatic rings. The fourth-order valence-corrected chi connectivity index (χ4v) is 3.73. The number of rotatable bonds is 0. The first-order valence-corrected chi connectivity index (χ1v) is 6.02. The lowest BCUT2D eigenvalue weighted by molar-refractivity contribution is 0.220. The molecular formula is C10H13N2OS-. The fourth-order valence-electron chi connectivity index (χ4n) is 2.34. The smallest absolute Gasteiger partial charge is 0.144 e. The molecule has 14 heavy (non-hydrogen) atoms. The number of hydrogen-bond acceptors (Lipinski definition) is 4. The Kier molecular flexibility index (Phi) is 1.99. The largest absolute Gasteiger partial charge is 0.757 e. The lowest BCUT2D eigenvalue weighted by Crippen LogP contribution is -2.40. The predicted molar refractivity (Wildman–Crippen MR) is 57.9 cm³/mol. The van der Waals surface area contributed by atoms with Crippen LogP contribution in [0.4, 0.5) is 0 Å². The Morgan fingerprint density at radius 3 is 3.14 bits per heavy atom. The van der Waals surface area contributed by atoms with E-state index in [1.165, 1.54) is 36.3 Å². The van der Waals surface area contributed by atoms with E-state index in [9.17, 15) is 5.21 Å². The van der Waals surface area contributed by atoms with Gasteiger partial charge in [-0.25, -0.2) is 0 Å². The second kappa shape index (κ2) is 3.21. The molecule has 0 N–H and O–H groups in total. The van der Waals surface area contributed by atoms with Crippen LogP contribution in [0.3, 0.4) is 0 Å². The van der Waals surface area contributed by atoms with Gasteiger partial charge in [-0.3, -0.25) is 0 Å². The molecule has 4 heteroatoms. The molecular weight excluding hydrogens is 196 g/mol. The maximum atomic E-state index is 11.6. The monoisotopic (exact) mass is 209 g/mol. The van der Waals surface area contributed by atoms with Crippen LogP contribution in [0.1, 0.15) is 25.7 Å². The second-order valence-corrected chi connectivity index (χ2v) is 5.07. The van der Waals surface area contributed by atoms with Crippen molar-refractivity contribution in [2.45, 2.75) is 31.2 Å². The molecule has 1 unspecified atom stereocenters. The van der Waals surface area contributed by atoms with Crippen LogP contribution in [0.15, 0.2) is 22.9 Å². The van der Waals surface area contributed by atoms with Crippen molar-refractivity contribution in [2.75, 3.05) is 6.54 Å². The Morgan fingerprint density at radius 2 is 2.21 bits per heavy atom. The number of fused-ring (bicyclic) bond motifs is 2. The van der Waals surface area contributed by atoms with E-state index in [4.69, 9.17) is 0 Å². The van der Waals surface area contributed by atoms with Crippen molar-refractivity contribution < 1.29 is 0 Å². The van der Waals surface area contributed by atoms with E-state index < -0.39 is 0 Å². The summed E-state index contributed by atoms with van der Waals surface area (Å²) in [6.07, 6.45) is 8.53. The van der Waals surface area contributed by atoms with Crippen LogP contribution in [0.2, 0.25) is 0 Å². The average Bonchev–Trinajstić information content (AvgIpc) is 2.59. The zero-order valence-electron chi connectivity index (χ0n) is 7.98. The lowest BCUT2D eigenvalue weighted by Gasteiger charge is -2.43. The summed E-state index contributed by atoms with van der Waals surface area (Å²) >= 11 is 1.75. The quantitative estimate of drug-likeness (QED) is 0.613. The maximum Gasteiger partial charge on any atom is 0.144 e. The minimum absolute atomic E-state index is 0.00287. The highest BCUT2D eigenvalue weighted by Crippen LogP contribution is 2.46. The van der Waals surface area contributed by atoms with Crippen LogP contribution < -0.4 is 0 Å². The van der Waals surface area contributed by atoms with Crippen molar-refractivity contribution in [3.8, 4) is 0 Å². The summed E-state index contributed by atoms with van der Waals surface area (Å²) in [4.78, 5) is 3.72. The SMILES string of the molecule is [O-]N1C=CCN2C3=C(CCCC3)SC12. The highest BCUT2D eigenvalue weighted by Gasteiger charge is 2.34. The Hall–Kier alpha value is -0.610. The number of thioether (sulfide) groups is 1. The molecule has 0 saturated heterocycles. The van der Waals surface area contributed by atoms with E-state index in [0.29, 0.717) is 0 Å². The van der Waals surface area contributed by atoms with Crippen molar-refractivity contribution >= 4 is 11.8 Å². The molecule has 76 valence electrons. The molecule has 1 aliphatic carbocycles. The molecule has 0 bridgehead atoms. The minimum Gasteiger partial charge on any atom is -0.757 e. The zero-order valence-corrected chi connectivity index (χ0v) is 8.80. The Labute approximate surface area is 88.0 Å². The van der Waals surface area contributed by atoms with E-state index in [1.54, 1.807) is 18.0 Å². The maximum absolute atomic E-state index is 11.6. The van der Waals surface area contributed by atoms with Gasteiger partial charge >= 0.3 is 0 Å². The van der Waals surface area contributed by atoms with Gasteiger partial charge in [0, 0.05) is 17.1 Å². The number of hydroxylamine groups is 2. The number of allylic oxidation sites excluding steroid dienone is 2. The highest BCUT2D eigenvalue weighted by atomic mass is 32.2. The van der Waals surface area contributed by atoms with Crippen LogP contribution in [0.5, 0.6) is 0 Å². The average molecular weight is 209 g/mol. The molecule has 0 spiro atoms. The lowest BCUT2D eigenvalue weighted by atomic mass is 10.0. The van der Waals surface area contributed by atoms with Crippen molar-refractivity contribution in [1.82, 2.24) is 9.96 Å². The van der Waals surface area contributed by atoms with Gasteiger partial charge in [0.1, 0.15) is 5.50 Å². The van der Waals surface area contributed by atoms with E-state index in [2.05, 4.69) is 4.90 Å². The third kappa shape index (κ3) is 1.17. The van der Waals surface area contributed by atoms with E-state index in [0.717, 1.165) is 11.6 Å². The minimum atomic E-state index is 0.00287. The van der Waals surface area contributed by atoms with Crippen molar-refractivity contribution in [3.63, 3.8) is 0 Å². The zero-order chi connectivity index (χ0) is 9.54. The molecule has 0 aromatic heterocycles. The number of nitrogens with zero attached hydrogens (tertiary/aromatic N) is 2. The van der Waals surface area contributed by atoms with Gasteiger partial charge in [0.2, 0.25) is 0 Å². The predicted octanol–water partition coefficient (Wildman–Crippen LogP) is 2.43. The third-order valence-corrected chi connectivity index (χ3v) is 4.42. The van der Waals surface area contributed by atoms with E-state index >= 15 is 0 Å². The van der Waals surface area contributed by atoms with Gasteiger partial charge in [0.05, 0.1) is 0 Å². The summed E-state index contributed by atoms with van der Waals surface area (Å²) in [5.41, 5.74) is 1.44. The van der Waals surface area contributed by atoms with Gasteiger partial charge in [-0.05, 0) is 38.0 Å². The van der Waals surface area contributed by atoms with Gasteiger partial charge < -0.3 is 15.2 Å². The summed E-state index contributed by atoms with van der Waals surface area (Å²) in [6, 6.07) is 0. The number of hydrogen-bond donors (Lipinski definition) is 0. The topological polar surface area (TPSA) is 29.5 Å². The van der Waals surface area contributed by atoms with E-state index in [-0.39, 0.29) is 5.50 Å². The second-order valence-electron chi connectivity index (χ2n) is 3.92. The molecule has 3 nitrogen and oxygen atoms in total. The standard InChI is InChI=1S/C10H13N2OS/c13-12-7-3-6-11-8-4-1-2-5-9(8)14-10(11)12/h3,7,10H,1-2,4-6H2/q-1. The van der Waals surface area contributed by atoms with E-state index in [1.807, 2.05) is 6.08 Å². The van der Waals surface area contributed by atoms with Crippen LogP contribution in [0, 0.1) is 5.21 Å². The van der Waals surface area contributed by atoms with Crippen LogP contribution in [0.25, 0.3) is 0 Å². The van der Waals surface area contributed by atoms with Crippen molar-refractivity contribution in [1.29, 1.82) is 0 Å². The Morgan fingerprint density at radius 1 is 1.36 bits per heavy atom. The molecule has 0 saturated carbocycles.